The number of anilines is 1. The number of nitrogens with two attached hydrogens (primary N) is 1. The minimum atomic E-state index is -3.21. The molecule has 1 fully saturated rings. The number of benzene rings is 1. The van der Waals surface area contributed by atoms with Gasteiger partial charge in [-0.05, 0) is 0 Å². The van der Waals surface area contributed by atoms with Crippen molar-refractivity contribution in [2.75, 3.05) is 5.73 Å². The summed E-state index contributed by atoms with van der Waals surface area (Å²) in [7, 11) is -3.21. The maximum Gasteiger partial charge on any atom is 0.280 e. The Hall–Kier alpha value is -3.43. The van der Waals surface area contributed by atoms with Crippen LogP contribution in [0.1, 0.15) is 10.4 Å². The topological polar surface area (TPSA) is 211 Å². The van der Waals surface area contributed by atoms with E-state index in [2.05, 4.69) is 15.0 Å². The lowest BCUT2D eigenvalue weighted by molar-refractivity contribution is -0.0969. The lowest BCUT2D eigenvalue weighted by Gasteiger charge is -2.32. The van der Waals surface area contributed by atoms with E-state index in [0.717, 1.165) is 10.9 Å². The number of aromatic nitrogens is 4. The van der Waals surface area contributed by atoms with E-state index in [1.807, 2.05) is 0 Å². The van der Waals surface area contributed by atoms with Crippen LogP contribution in [-0.2, 0) is 20.8 Å². The number of carbonyl (C=O) groups excluding carboxylic acids is 1. The Labute approximate surface area is 173 Å². The molecule has 0 spiro atoms. The number of carbonyl (C=O) groups is 1. The number of rotatable bonds is 4. The van der Waals surface area contributed by atoms with Gasteiger partial charge in [0.2, 0.25) is 32.8 Å². The summed E-state index contributed by atoms with van der Waals surface area (Å²) in [6.07, 6.45) is -5.17. The molecule has 31 heavy (non-hydrogen) atoms. The molecule has 2 aromatic heterocycles. The number of H-pyrrole nitrogens is 1. The zero-order valence-corrected chi connectivity index (χ0v) is 16.2. The Bertz CT molecular complexity index is 1370. The molecule has 6 N–H and O–H groups in total. The van der Waals surface area contributed by atoms with Gasteiger partial charge in [-0.1, -0.05) is 30.3 Å². The Kier molecular flexibility index (Phi) is 4.95. The van der Waals surface area contributed by atoms with Crippen LogP contribution in [0.5, 0.6) is 0 Å². The van der Waals surface area contributed by atoms with Crippen molar-refractivity contribution in [3.8, 4) is 0 Å². The fraction of sp³-hybridized carbons (Fsp3) is 0.235. The molecule has 0 saturated carbocycles. The zero-order chi connectivity index (χ0) is 22.5. The number of Topliss-reactive ketones (excluding diaryl/α,β-unsaturated/α-hetero) is 1. The summed E-state index contributed by atoms with van der Waals surface area (Å²) in [6.45, 7) is 0. The maximum absolute atomic E-state index is 13.5. The minimum Gasteiger partial charge on any atom is -0.387 e. The molecule has 14 heteroatoms. The first-order valence-electron chi connectivity index (χ1n) is 8.70. The largest absolute Gasteiger partial charge is 0.387 e. The van der Waals surface area contributed by atoms with Crippen molar-refractivity contribution in [3.63, 3.8) is 0 Å². The number of imidazole rings is 1. The number of nitrogens with zero attached hydrogens (tertiary/aromatic N) is 3. The highest BCUT2D eigenvalue weighted by Gasteiger charge is 2.62. The summed E-state index contributed by atoms with van der Waals surface area (Å²) in [6, 6.07) is 7.46. The lowest BCUT2D eigenvalue weighted by Crippen LogP contribution is -2.51. The third kappa shape index (κ3) is 3.05. The van der Waals surface area contributed by atoms with Gasteiger partial charge in [-0.2, -0.15) is 13.4 Å². The second-order valence-corrected chi connectivity index (χ2v) is 7.56. The van der Waals surface area contributed by atoms with E-state index < -0.39 is 50.7 Å². The van der Waals surface area contributed by atoms with Crippen molar-refractivity contribution in [2.24, 2.45) is 0 Å². The van der Waals surface area contributed by atoms with Crippen LogP contribution in [-0.4, -0.2) is 72.4 Å². The Morgan fingerprint density at radius 2 is 1.94 bits per heavy atom. The van der Waals surface area contributed by atoms with Crippen LogP contribution < -0.4 is 11.3 Å². The van der Waals surface area contributed by atoms with Crippen molar-refractivity contribution in [1.82, 2.24) is 19.5 Å². The zero-order valence-electron chi connectivity index (χ0n) is 15.4. The molecule has 1 aromatic carbocycles. The molecule has 0 amide bonds. The summed E-state index contributed by atoms with van der Waals surface area (Å²) in [5.74, 6) is -1.26. The standard InChI is InChI=1S/C17H15N5O8S/c18-16-20-13-8(14(26)21-16)19-6-22(13)17(11(24)7-4-2-1-3-5-7)12(25)9(23)10(30-17)15(27)31(28)29/h1-6,9-10,12,23,25,27H,(H3,18,20,21,26)/t9-,10+,12-,17-/m1/s1. The van der Waals surface area contributed by atoms with Crippen LogP contribution in [0.15, 0.2) is 41.5 Å². The quantitative estimate of drug-likeness (QED) is 0.215. The monoisotopic (exact) mass is 449 g/mol. The lowest BCUT2D eigenvalue weighted by atomic mass is 9.93. The molecule has 0 radical (unpaired) electrons. The van der Waals surface area contributed by atoms with E-state index in [1.54, 1.807) is 6.07 Å². The molecule has 1 aliphatic rings. The van der Waals surface area contributed by atoms with Gasteiger partial charge in [0.05, 0.1) is 0 Å². The average molecular weight is 449 g/mol. The fourth-order valence-corrected chi connectivity index (χ4v) is 3.86. The second-order valence-electron chi connectivity index (χ2n) is 6.68. The van der Waals surface area contributed by atoms with Gasteiger partial charge in [-0.25, -0.2) is 4.98 Å². The molecule has 13 nitrogen and oxygen atoms in total. The highest BCUT2D eigenvalue weighted by atomic mass is 32.2. The highest BCUT2D eigenvalue weighted by Crippen LogP contribution is 2.40. The van der Waals surface area contributed by atoms with E-state index >= 15 is 0 Å². The number of fused-ring (bicyclic) bond motifs is 1. The van der Waals surface area contributed by atoms with Crippen molar-refractivity contribution >= 4 is 38.2 Å². The van der Waals surface area contributed by atoms with Gasteiger partial charge in [0.1, 0.15) is 18.5 Å². The SMILES string of the molecule is Nc1nc2c(ncn2[C@]2(C(=O)c3ccccc3)O[C@H](C(O)=S(=O)=O)[C@@H](O)[C@H]2O)c(=O)[nH]1. The summed E-state index contributed by atoms with van der Waals surface area (Å²) >= 11 is 0. The summed E-state index contributed by atoms with van der Waals surface area (Å²) in [4.78, 5) is 35.7. The predicted octanol–water partition coefficient (Wildman–Crippen LogP) is -2.07. The van der Waals surface area contributed by atoms with Gasteiger partial charge >= 0.3 is 0 Å². The van der Waals surface area contributed by atoms with Crippen LogP contribution in [0.25, 0.3) is 11.2 Å². The molecular weight excluding hydrogens is 434 g/mol. The Morgan fingerprint density at radius 1 is 1.26 bits per heavy atom. The van der Waals surface area contributed by atoms with Crippen molar-refractivity contribution in [2.45, 2.75) is 24.0 Å². The van der Waals surface area contributed by atoms with Crippen LogP contribution in [0, 0.1) is 0 Å². The van der Waals surface area contributed by atoms with Gasteiger partial charge in [0, 0.05) is 5.56 Å². The number of nitrogens with one attached hydrogen (secondary N) is 1. The van der Waals surface area contributed by atoms with Crippen LogP contribution in [0.3, 0.4) is 0 Å². The molecule has 1 aliphatic heterocycles. The fourth-order valence-electron chi connectivity index (χ4n) is 3.48. The third-order valence-corrected chi connectivity index (χ3v) is 5.47. The average Bonchev–Trinajstić information content (AvgIpc) is 3.28. The first kappa shape index (κ1) is 20.8. The molecule has 0 aliphatic carbocycles. The minimum absolute atomic E-state index is 0.0109. The molecule has 3 aromatic rings. The van der Waals surface area contributed by atoms with Gasteiger partial charge < -0.3 is 25.8 Å². The van der Waals surface area contributed by atoms with Crippen LogP contribution in [0.4, 0.5) is 5.95 Å². The summed E-state index contributed by atoms with van der Waals surface area (Å²) < 4.78 is 28.9. The number of aliphatic hydroxyl groups excluding tert-OH is 3. The van der Waals surface area contributed by atoms with Crippen LogP contribution in [0.2, 0.25) is 0 Å². The summed E-state index contributed by atoms with van der Waals surface area (Å²) in [5, 5.41) is 29.9. The molecule has 0 unspecified atom stereocenters. The number of aliphatic hydroxyl groups is 3. The Morgan fingerprint density at radius 3 is 2.58 bits per heavy atom. The van der Waals surface area contributed by atoms with Crippen molar-refractivity contribution in [1.29, 1.82) is 0 Å². The number of nitrogen functional groups attached to an aromatic ring is 1. The number of aromatic amines is 1. The first-order valence-corrected chi connectivity index (χ1v) is 9.78. The van der Waals surface area contributed by atoms with Gasteiger partial charge in [0.25, 0.3) is 5.56 Å². The van der Waals surface area contributed by atoms with E-state index in [1.165, 1.54) is 24.3 Å². The number of ketones is 1. The molecule has 0 bridgehead atoms. The van der Waals surface area contributed by atoms with E-state index in [-0.39, 0.29) is 22.7 Å². The van der Waals surface area contributed by atoms with Crippen molar-refractivity contribution in [3.05, 3.63) is 52.6 Å². The first-order chi connectivity index (χ1) is 14.7. The van der Waals surface area contributed by atoms with Crippen molar-refractivity contribution < 1.29 is 33.3 Å². The number of hydrogen-bond acceptors (Lipinski definition) is 10. The van der Waals surface area contributed by atoms with Gasteiger partial charge in [0.15, 0.2) is 17.3 Å². The Balaban J connectivity index is 2.04. The van der Waals surface area contributed by atoms with E-state index in [4.69, 9.17) is 10.5 Å². The second kappa shape index (κ2) is 7.36. The number of ether oxygens (including phenoxy) is 1. The molecule has 1 saturated heterocycles. The maximum atomic E-state index is 13.5. The molecule has 4 atom stereocenters. The van der Waals surface area contributed by atoms with Crippen LogP contribution >= 0.6 is 0 Å². The van der Waals surface area contributed by atoms with E-state index in [9.17, 15) is 33.3 Å². The third-order valence-electron chi connectivity index (χ3n) is 4.90. The van der Waals surface area contributed by atoms with Gasteiger partial charge in [-0.3, -0.25) is 19.1 Å². The van der Waals surface area contributed by atoms with Gasteiger partial charge in [-0.15, -0.1) is 0 Å². The van der Waals surface area contributed by atoms with E-state index in [0.29, 0.717) is 0 Å². The highest BCUT2D eigenvalue weighted by molar-refractivity contribution is 7.72. The molecular formula is C17H15N5O8S. The predicted molar refractivity (Wildman–Crippen MR) is 105 cm³/mol. The smallest absolute Gasteiger partial charge is 0.280 e. The summed E-state index contributed by atoms with van der Waals surface area (Å²) in [5.41, 5.74) is 1.77. The number of hydrogen-bond donors (Lipinski definition) is 5. The normalized spacial score (nSPS) is 25.6. The molecule has 4 rings (SSSR count). The molecule has 3 heterocycles. The molecule has 162 valence electrons.